The molecule has 3 rings (SSSR count). The van der Waals surface area contributed by atoms with Gasteiger partial charge in [-0.3, -0.25) is 4.79 Å². The van der Waals surface area contributed by atoms with Crippen LogP contribution in [0.5, 0.6) is 11.6 Å². The van der Waals surface area contributed by atoms with E-state index >= 15 is 0 Å². The average molecular weight is 328 g/mol. The second-order valence-corrected chi connectivity index (χ2v) is 5.45. The molecule has 0 radical (unpaired) electrons. The Hall–Kier alpha value is -2.67. The molecule has 126 valence electrons. The molecule has 7 heteroatoms. The Morgan fingerprint density at radius 1 is 1.04 bits per heavy atom. The third-order valence-corrected chi connectivity index (χ3v) is 3.82. The predicted molar refractivity (Wildman–Crippen MR) is 89.2 cm³/mol. The topological polar surface area (TPSA) is 67.8 Å². The summed E-state index contributed by atoms with van der Waals surface area (Å²) >= 11 is 0. The van der Waals surface area contributed by atoms with Gasteiger partial charge in [0, 0.05) is 39.4 Å². The number of anilines is 1. The number of benzene rings is 1. The van der Waals surface area contributed by atoms with Crippen molar-refractivity contribution in [2.75, 3.05) is 44.8 Å². The molecule has 0 spiro atoms. The lowest BCUT2D eigenvalue weighted by Gasteiger charge is -2.35. The lowest BCUT2D eigenvalue weighted by Crippen LogP contribution is -2.50. The molecule has 2 aromatic rings. The van der Waals surface area contributed by atoms with Gasteiger partial charge in [0.15, 0.2) is 5.82 Å². The fourth-order valence-corrected chi connectivity index (χ4v) is 2.55. The SMILES string of the molecule is COCC(=O)N1CCN(c2ccc(Oc3ccccc3)nn2)CC1. The van der Waals surface area contributed by atoms with Crippen LogP contribution in [-0.2, 0) is 9.53 Å². The summed E-state index contributed by atoms with van der Waals surface area (Å²) in [6.07, 6.45) is 0. The highest BCUT2D eigenvalue weighted by Gasteiger charge is 2.21. The summed E-state index contributed by atoms with van der Waals surface area (Å²) < 4.78 is 10.5. The van der Waals surface area contributed by atoms with E-state index < -0.39 is 0 Å². The van der Waals surface area contributed by atoms with Crippen molar-refractivity contribution in [1.29, 1.82) is 0 Å². The second kappa shape index (κ2) is 7.74. The van der Waals surface area contributed by atoms with Crippen molar-refractivity contribution >= 4 is 11.7 Å². The second-order valence-electron chi connectivity index (χ2n) is 5.45. The standard InChI is InChI=1S/C17H20N4O3/c1-23-13-17(22)21-11-9-20(10-12-21)15-7-8-16(19-18-15)24-14-5-3-2-4-6-14/h2-8H,9-13H2,1H3. The summed E-state index contributed by atoms with van der Waals surface area (Å²) in [4.78, 5) is 15.7. The van der Waals surface area contributed by atoms with Crippen LogP contribution in [-0.4, -0.2) is 60.9 Å². The molecular weight excluding hydrogens is 308 g/mol. The number of hydrogen-bond donors (Lipinski definition) is 0. The Morgan fingerprint density at radius 3 is 2.42 bits per heavy atom. The van der Waals surface area contributed by atoms with Gasteiger partial charge in [-0.05, 0) is 18.2 Å². The first-order valence-corrected chi connectivity index (χ1v) is 7.84. The van der Waals surface area contributed by atoms with Crippen molar-refractivity contribution in [2.24, 2.45) is 0 Å². The van der Waals surface area contributed by atoms with Gasteiger partial charge in [0.25, 0.3) is 0 Å². The normalized spacial score (nSPS) is 14.5. The van der Waals surface area contributed by atoms with Gasteiger partial charge >= 0.3 is 0 Å². The van der Waals surface area contributed by atoms with Crippen molar-refractivity contribution in [1.82, 2.24) is 15.1 Å². The summed E-state index contributed by atoms with van der Waals surface area (Å²) in [5.74, 6) is 1.99. The number of aromatic nitrogens is 2. The molecular formula is C17H20N4O3. The van der Waals surface area contributed by atoms with Gasteiger partial charge in [-0.15, -0.1) is 10.2 Å². The average Bonchev–Trinajstić information content (AvgIpc) is 2.64. The highest BCUT2D eigenvalue weighted by atomic mass is 16.5. The van der Waals surface area contributed by atoms with E-state index in [1.807, 2.05) is 36.4 Å². The first kappa shape index (κ1) is 16.2. The summed E-state index contributed by atoms with van der Waals surface area (Å²) in [7, 11) is 1.53. The van der Waals surface area contributed by atoms with Gasteiger partial charge in [0.2, 0.25) is 11.8 Å². The highest BCUT2D eigenvalue weighted by molar-refractivity contribution is 5.77. The van der Waals surface area contributed by atoms with Crippen LogP contribution in [0.2, 0.25) is 0 Å². The van der Waals surface area contributed by atoms with Crippen LogP contribution in [0.25, 0.3) is 0 Å². The van der Waals surface area contributed by atoms with E-state index in [0.29, 0.717) is 19.0 Å². The van der Waals surface area contributed by atoms with E-state index in [0.717, 1.165) is 24.7 Å². The third kappa shape index (κ3) is 3.99. The number of amides is 1. The number of carbonyl (C=O) groups is 1. The van der Waals surface area contributed by atoms with E-state index in [9.17, 15) is 4.79 Å². The lowest BCUT2D eigenvalue weighted by molar-refractivity contribution is -0.135. The smallest absolute Gasteiger partial charge is 0.248 e. The van der Waals surface area contributed by atoms with E-state index in [1.54, 1.807) is 11.0 Å². The van der Waals surface area contributed by atoms with E-state index in [4.69, 9.17) is 9.47 Å². The quantitative estimate of drug-likeness (QED) is 0.830. The minimum absolute atomic E-state index is 0.0230. The minimum atomic E-state index is 0.0230. The van der Waals surface area contributed by atoms with Gasteiger partial charge in [0.1, 0.15) is 12.4 Å². The molecule has 0 saturated carbocycles. The molecule has 1 saturated heterocycles. The molecule has 1 aliphatic rings. The molecule has 1 fully saturated rings. The monoisotopic (exact) mass is 328 g/mol. The van der Waals surface area contributed by atoms with Crippen molar-refractivity contribution in [3.8, 4) is 11.6 Å². The van der Waals surface area contributed by atoms with Crippen LogP contribution >= 0.6 is 0 Å². The van der Waals surface area contributed by atoms with Crippen LogP contribution < -0.4 is 9.64 Å². The van der Waals surface area contributed by atoms with Crippen LogP contribution in [0.3, 0.4) is 0 Å². The summed E-state index contributed by atoms with van der Waals surface area (Å²) in [5.41, 5.74) is 0. The molecule has 0 bridgehead atoms. The Labute approximate surface area is 140 Å². The summed E-state index contributed by atoms with van der Waals surface area (Å²) in [6, 6.07) is 13.2. The number of para-hydroxylation sites is 1. The molecule has 2 heterocycles. The Morgan fingerprint density at radius 2 is 1.79 bits per heavy atom. The fraction of sp³-hybridized carbons (Fsp3) is 0.353. The molecule has 0 aliphatic carbocycles. The summed E-state index contributed by atoms with van der Waals surface area (Å²) in [5, 5.41) is 8.35. The summed E-state index contributed by atoms with van der Waals surface area (Å²) in [6.45, 7) is 2.90. The van der Waals surface area contributed by atoms with E-state index in [-0.39, 0.29) is 12.5 Å². The molecule has 0 atom stereocenters. The van der Waals surface area contributed by atoms with Gasteiger partial charge in [-0.1, -0.05) is 18.2 Å². The molecule has 1 aromatic carbocycles. The van der Waals surface area contributed by atoms with E-state index in [1.165, 1.54) is 7.11 Å². The van der Waals surface area contributed by atoms with Crippen molar-refractivity contribution < 1.29 is 14.3 Å². The zero-order valence-corrected chi connectivity index (χ0v) is 13.6. The van der Waals surface area contributed by atoms with E-state index in [2.05, 4.69) is 15.1 Å². The zero-order chi connectivity index (χ0) is 16.8. The molecule has 1 amide bonds. The van der Waals surface area contributed by atoms with Crippen LogP contribution in [0.4, 0.5) is 5.82 Å². The third-order valence-electron chi connectivity index (χ3n) is 3.82. The van der Waals surface area contributed by atoms with Gasteiger partial charge < -0.3 is 19.3 Å². The maximum Gasteiger partial charge on any atom is 0.248 e. The largest absolute Gasteiger partial charge is 0.438 e. The lowest BCUT2D eigenvalue weighted by atomic mass is 10.3. The maximum absolute atomic E-state index is 11.8. The van der Waals surface area contributed by atoms with Crippen LogP contribution in [0, 0.1) is 0 Å². The number of ether oxygens (including phenoxy) is 2. The molecule has 1 aromatic heterocycles. The van der Waals surface area contributed by atoms with Crippen LogP contribution in [0.1, 0.15) is 0 Å². The van der Waals surface area contributed by atoms with Crippen molar-refractivity contribution in [3.05, 3.63) is 42.5 Å². The predicted octanol–water partition coefficient (Wildman–Crippen LogP) is 1.56. The molecule has 0 N–H and O–H groups in total. The molecule has 24 heavy (non-hydrogen) atoms. The van der Waals surface area contributed by atoms with Crippen molar-refractivity contribution in [2.45, 2.75) is 0 Å². The Balaban J connectivity index is 1.56. The maximum atomic E-state index is 11.8. The minimum Gasteiger partial charge on any atom is -0.438 e. The molecule has 1 aliphatic heterocycles. The van der Waals surface area contributed by atoms with Gasteiger partial charge in [0.05, 0.1) is 0 Å². The van der Waals surface area contributed by atoms with Gasteiger partial charge in [-0.25, -0.2) is 0 Å². The highest BCUT2D eigenvalue weighted by Crippen LogP contribution is 2.20. The first-order valence-electron chi connectivity index (χ1n) is 7.84. The van der Waals surface area contributed by atoms with Crippen molar-refractivity contribution in [3.63, 3.8) is 0 Å². The molecule has 0 unspecified atom stereocenters. The van der Waals surface area contributed by atoms with Crippen LogP contribution in [0.15, 0.2) is 42.5 Å². The number of nitrogens with zero attached hydrogens (tertiary/aromatic N) is 4. The van der Waals surface area contributed by atoms with Gasteiger partial charge in [-0.2, -0.15) is 0 Å². The molecule has 7 nitrogen and oxygen atoms in total. The number of piperazine rings is 1. The Kier molecular flexibility index (Phi) is 5.22. The zero-order valence-electron chi connectivity index (χ0n) is 13.6. The number of methoxy groups -OCH3 is 1. The number of carbonyl (C=O) groups excluding carboxylic acids is 1. The first-order chi connectivity index (χ1) is 11.8. The Bertz CT molecular complexity index is 655. The fourth-order valence-electron chi connectivity index (χ4n) is 2.55. The number of rotatable bonds is 5. The number of hydrogen-bond acceptors (Lipinski definition) is 6.